The molecule has 0 aliphatic rings. The third kappa shape index (κ3) is 5.79. The van der Waals surface area contributed by atoms with Gasteiger partial charge >= 0.3 is 0 Å². The molecule has 1 aromatic carbocycles. The maximum atomic E-state index is 12.1. The first-order valence-corrected chi connectivity index (χ1v) is 9.42. The second-order valence-electron chi connectivity index (χ2n) is 6.01. The SMILES string of the molecule is O=C(CNC(=O)c1ccc(Cl)cc1Cl)NCC(=O)Nc1ccc(-n2ccnc2)nc1. The molecule has 0 atom stereocenters. The van der Waals surface area contributed by atoms with E-state index in [-0.39, 0.29) is 23.7 Å². The van der Waals surface area contributed by atoms with Gasteiger partial charge in [0, 0.05) is 17.4 Å². The molecule has 0 aliphatic heterocycles. The summed E-state index contributed by atoms with van der Waals surface area (Å²) in [7, 11) is 0. The number of pyridine rings is 1. The van der Waals surface area contributed by atoms with Crippen LogP contribution in [-0.4, -0.2) is 45.3 Å². The van der Waals surface area contributed by atoms with E-state index in [2.05, 4.69) is 25.9 Å². The lowest BCUT2D eigenvalue weighted by atomic mass is 10.2. The number of halogens is 2. The highest BCUT2D eigenvalue weighted by molar-refractivity contribution is 6.36. The lowest BCUT2D eigenvalue weighted by Gasteiger charge is -2.09. The normalized spacial score (nSPS) is 10.3. The van der Waals surface area contributed by atoms with Gasteiger partial charge in [0.15, 0.2) is 0 Å². The van der Waals surface area contributed by atoms with Gasteiger partial charge in [-0.05, 0) is 30.3 Å². The molecular weight excluding hydrogens is 431 g/mol. The van der Waals surface area contributed by atoms with Crippen LogP contribution in [0.5, 0.6) is 0 Å². The van der Waals surface area contributed by atoms with E-state index in [9.17, 15) is 14.4 Å². The standard InChI is InChI=1S/C19H16Cl2N6O3/c20-12-1-3-14(15(21)7-12)19(30)25-9-17(28)24-10-18(29)26-13-2-4-16(23-8-13)27-6-5-22-11-27/h1-8,11H,9-10H2,(H,24,28)(H,25,30)(H,26,29). The van der Waals surface area contributed by atoms with Gasteiger partial charge in [-0.25, -0.2) is 9.97 Å². The van der Waals surface area contributed by atoms with Gasteiger partial charge in [0.25, 0.3) is 5.91 Å². The van der Waals surface area contributed by atoms with Crippen molar-refractivity contribution in [2.45, 2.75) is 0 Å². The van der Waals surface area contributed by atoms with Crippen LogP contribution in [0.2, 0.25) is 10.0 Å². The summed E-state index contributed by atoms with van der Waals surface area (Å²) in [5.41, 5.74) is 0.669. The molecule has 0 spiro atoms. The van der Waals surface area contributed by atoms with Gasteiger partial charge in [0.1, 0.15) is 12.1 Å². The maximum absolute atomic E-state index is 12.1. The molecule has 0 radical (unpaired) electrons. The lowest BCUT2D eigenvalue weighted by molar-refractivity contribution is -0.123. The van der Waals surface area contributed by atoms with Crippen LogP contribution in [0.15, 0.2) is 55.2 Å². The summed E-state index contributed by atoms with van der Waals surface area (Å²) in [6.45, 7) is -0.577. The Morgan fingerprint density at radius 3 is 2.47 bits per heavy atom. The maximum Gasteiger partial charge on any atom is 0.253 e. The van der Waals surface area contributed by atoms with Crippen molar-refractivity contribution in [2.75, 3.05) is 18.4 Å². The van der Waals surface area contributed by atoms with E-state index in [0.717, 1.165) is 0 Å². The van der Waals surface area contributed by atoms with Gasteiger partial charge in [-0.3, -0.25) is 19.0 Å². The topological polar surface area (TPSA) is 118 Å². The second-order valence-corrected chi connectivity index (χ2v) is 6.85. The van der Waals surface area contributed by atoms with Crippen LogP contribution in [0.1, 0.15) is 10.4 Å². The van der Waals surface area contributed by atoms with E-state index < -0.39 is 17.7 Å². The zero-order valence-electron chi connectivity index (χ0n) is 15.4. The molecule has 0 bridgehead atoms. The number of imidazole rings is 1. The third-order valence-electron chi connectivity index (χ3n) is 3.83. The van der Waals surface area contributed by atoms with Crippen molar-refractivity contribution in [2.24, 2.45) is 0 Å². The number of rotatable bonds is 7. The number of anilines is 1. The quantitative estimate of drug-likeness (QED) is 0.513. The first kappa shape index (κ1) is 21.3. The Kier molecular flexibility index (Phi) is 6.99. The minimum Gasteiger partial charge on any atom is -0.345 e. The molecule has 30 heavy (non-hydrogen) atoms. The van der Waals surface area contributed by atoms with Crippen LogP contribution in [0, 0.1) is 0 Å². The van der Waals surface area contributed by atoms with E-state index in [0.29, 0.717) is 16.5 Å². The van der Waals surface area contributed by atoms with E-state index in [1.807, 2.05) is 0 Å². The molecule has 154 valence electrons. The highest BCUT2D eigenvalue weighted by Crippen LogP contribution is 2.20. The summed E-state index contributed by atoms with van der Waals surface area (Å²) < 4.78 is 1.72. The van der Waals surface area contributed by atoms with E-state index in [1.54, 1.807) is 35.4 Å². The first-order valence-electron chi connectivity index (χ1n) is 8.66. The molecule has 9 nitrogen and oxygen atoms in total. The predicted molar refractivity (Wildman–Crippen MR) is 112 cm³/mol. The molecule has 11 heteroatoms. The minimum absolute atomic E-state index is 0.174. The zero-order valence-corrected chi connectivity index (χ0v) is 16.9. The monoisotopic (exact) mass is 446 g/mol. The number of aromatic nitrogens is 3. The summed E-state index contributed by atoms with van der Waals surface area (Å²) >= 11 is 11.7. The number of nitrogens with zero attached hydrogens (tertiary/aromatic N) is 3. The van der Waals surface area contributed by atoms with Crippen molar-refractivity contribution in [1.29, 1.82) is 0 Å². The fourth-order valence-electron chi connectivity index (χ4n) is 2.38. The summed E-state index contributed by atoms with van der Waals surface area (Å²) in [6, 6.07) is 7.80. The summed E-state index contributed by atoms with van der Waals surface area (Å²) in [5, 5.41) is 8.02. The fraction of sp³-hybridized carbons (Fsp3) is 0.105. The summed E-state index contributed by atoms with van der Waals surface area (Å²) in [6.07, 6.45) is 6.48. The van der Waals surface area contributed by atoms with Crippen molar-refractivity contribution in [3.63, 3.8) is 0 Å². The fourth-order valence-corrected chi connectivity index (χ4v) is 2.88. The largest absolute Gasteiger partial charge is 0.345 e. The highest BCUT2D eigenvalue weighted by Gasteiger charge is 2.13. The van der Waals surface area contributed by atoms with Crippen molar-refractivity contribution in [3.8, 4) is 5.82 Å². The average molecular weight is 447 g/mol. The third-order valence-corrected chi connectivity index (χ3v) is 4.38. The Hall–Kier alpha value is -3.43. The van der Waals surface area contributed by atoms with Crippen LogP contribution in [-0.2, 0) is 9.59 Å². The Bertz CT molecular complexity index is 1050. The molecule has 3 N–H and O–H groups in total. The van der Waals surface area contributed by atoms with Crippen LogP contribution < -0.4 is 16.0 Å². The van der Waals surface area contributed by atoms with Gasteiger partial charge in [0.05, 0.1) is 35.6 Å². The zero-order chi connectivity index (χ0) is 21.5. The summed E-state index contributed by atoms with van der Waals surface area (Å²) in [4.78, 5) is 44.1. The van der Waals surface area contributed by atoms with Gasteiger partial charge < -0.3 is 16.0 Å². The van der Waals surface area contributed by atoms with E-state index in [4.69, 9.17) is 23.2 Å². The van der Waals surface area contributed by atoms with Crippen LogP contribution in [0.4, 0.5) is 5.69 Å². The Labute approximate surface area is 181 Å². The molecule has 0 aliphatic carbocycles. The van der Waals surface area contributed by atoms with Crippen LogP contribution in [0.3, 0.4) is 0 Å². The Balaban J connectivity index is 1.42. The van der Waals surface area contributed by atoms with Gasteiger partial charge in [0.2, 0.25) is 11.8 Å². The molecule has 0 unspecified atom stereocenters. The lowest BCUT2D eigenvalue weighted by Crippen LogP contribution is -2.40. The van der Waals surface area contributed by atoms with Crippen molar-refractivity contribution >= 4 is 46.6 Å². The molecule has 0 saturated heterocycles. The molecule has 2 aromatic heterocycles. The average Bonchev–Trinajstić information content (AvgIpc) is 3.26. The van der Waals surface area contributed by atoms with E-state index in [1.165, 1.54) is 24.4 Å². The van der Waals surface area contributed by atoms with E-state index >= 15 is 0 Å². The molecule has 0 fully saturated rings. The smallest absolute Gasteiger partial charge is 0.253 e. The Morgan fingerprint density at radius 1 is 1.00 bits per heavy atom. The molecule has 0 saturated carbocycles. The van der Waals surface area contributed by atoms with Gasteiger partial charge in [-0.1, -0.05) is 23.2 Å². The summed E-state index contributed by atoms with van der Waals surface area (Å²) in [5.74, 6) is -0.847. The molecular formula is C19H16Cl2N6O3. The van der Waals surface area contributed by atoms with Crippen molar-refractivity contribution < 1.29 is 14.4 Å². The number of amides is 3. The molecule has 3 rings (SSSR count). The number of hydrogen-bond acceptors (Lipinski definition) is 5. The minimum atomic E-state index is -0.530. The first-order chi connectivity index (χ1) is 14.4. The Morgan fingerprint density at radius 2 is 1.80 bits per heavy atom. The van der Waals surface area contributed by atoms with Crippen molar-refractivity contribution in [1.82, 2.24) is 25.2 Å². The van der Waals surface area contributed by atoms with Gasteiger partial charge in [-0.2, -0.15) is 0 Å². The van der Waals surface area contributed by atoms with Crippen LogP contribution >= 0.6 is 23.2 Å². The number of carbonyl (C=O) groups excluding carboxylic acids is 3. The number of benzene rings is 1. The number of carbonyl (C=O) groups is 3. The molecule has 2 heterocycles. The van der Waals surface area contributed by atoms with Crippen molar-refractivity contribution in [3.05, 3.63) is 70.9 Å². The van der Waals surface area contributed by atoms with Crippen LogP contribution in [0.25, 0.3) is 5.82 Å². The molecule has 3 aromatic rings. The second kappa shape index (κ2) is 9.86. The number of nitrogens with one attached hydrogen (secondary N) is 3. The highest BCUT2D eigenvalue weighted by atomic mass is 35.5. The van der Waals surface area contributed by atoms with Gasteiger partial charge in [-0.15, -0.1) is 0 Å². The number of hydrogen-bond donors (Lipinski definition) is 3. The molecule has 3 amide bonds. The predicted octanol–water partition coefficient (Wildman–Crippen LogP) is 2.06.